The van der Waals surface area contributed by atoms with Crippen LogP contribution < -0.4 is 0 Å². The summed E-state index contributed by atoms with van der Waals surface area (Å²) in [6.07, 6.45) is 3.81. The van der Waals surface area contributed by atoms with E-state index in [1.807, 2.05) is 23.6 Å². The summed E-state index contributed by atoms with van der Waals surface area (Å²) in [7, 11) is 0. The predicted molar refractivity (Wildman–Crippen MR) is 96.9 cm³/mol. The minimum atomic E-state index is -0.221. The van der Waals surface area contributed by atoms with Crippen molar-refractivity contribution in [2.45, 2.75) is 32.2 Å². The molecule has 0 spiro atoms. The molecule has 2 aromatic heterocycles. The van der Waals surface area contributed by atoms with Gasteiger partial charge in [0.25, 0.3) is 5.78 Å². The van der Waals surface area contributed by atoms with Crippen LogP contribution in [0.1, 0.15) is 35.7 Å². The third-order valence-electron chi connectivity index (χ3n) is 4.72. The minimum absolute atomic E-state index is 0.221. The molecule has 4 rings (SSSR count). The smallest absolute Gasteiger partial charge is 0.252 e. The van der Waals surface area contributed by atoms with E-state index >= 15 is 0 Å². The van der Waals surface area contributed by atoms with Gasteiger partial charge in [0.05, 0.1) is 10.2 Å². The van der Waals surface area contributed by atoms with E-state index in [0.717, 1.165) is 43.7 Å². The van der Waals surface area contributed by atoms with Gasteiger partial charge in [0.2, 0.25) is 0 Å². The Balaban J connectivity index is 1.56. The fourth-order valence-corrected chi connectivity index (χ4v) is 4.01. The van der Waals surface area contributed by atoms with Crippen molar-refractivity contribution in [1.29, 1.82) is 0 Å². The maximum Gasteiger partial charge on any atom is 0.252 e. The van der Waals surface area contributed by atoms with E-state index < -0.39 is 0 Å². The predicted octanol–water partition coefficient (Wildman–Crippen LogP) is 3.71. The Morgan fingerprint density at radius 3 is 3.04 bits per heavy atom. The van der Waals surface area contributed by atoms with Crippen LogP contribution in [0.4, 0.5) is 4.39 Å². The molecule has 5 nitrogen and oxygen atoms in total. The lowest BCUT2D eigenvalue weighted by Crippen LogP contribution is -2.34. The zero-order chi connectivity index (χ0) is 17.4. The molecular formula is C18H19BrFN5. The SMILES string of the molecule is Cc1cc(C2CCCN(Cc3ccc(F)c(Br)c3)C2)n2ncnc2n1. The number of likely N-dealkylation sites (tertiary alicyclic amines) is 1. The molecule has 0 radical (unpaired) electrons. The zero-order valence-corrected chi connectivity index (χ0v) is 15.6. The second kappa shape index (κ2) is 6.80. The van der Waals surface area contributed by atoms with Crippen LogP contribution in [0.25, 0.3) is 5.78 Å². The molecule has 0 bridgehead atoms. The largest absolute Gasteiger partial charge is 0.298 e. The van der Waals surface area contributed by atoms with Crippen LogP contribution in [0.2, 0.25) is 0 Å². The van der Waals surface area contributed by atoms with Crippen molar-refractivity contribution in [2.75, 3.05) is 13.1 Å². The van der Waals surface area contributed by atoms with Crippen LogP contribution in [0.5, 0.6) is 0 Å². The van der Waals surface area contributed by atoms with Crippen molar-refractivity contribution in [3.8, 4) is 0 Å². The Hall–Kier alpha value is -1.86. The van der Waals surface area contributed by atoms with Crippen LogP contribution >= 0.6 is 15.9 Å². The fourth-order valence-electron chi connectivity index (χ4n) is 3.59. The van der Waals surface area contributed by atoms with Gasteiger partial charge in [-0.15, -0.1) is 0 Å². The quantitative estimate of drug-likeness (QED) is 0.668. The normalized spacial score (nSPS) is 18.8. The average Bonchev–Trinajstić information content (AvgIpc) is 3.06. The number of nitrogens with zero attached hydrogens (tertiary/aromatic N) is 5. The van der Waals surface area contributed by atoms with Gasteiger partial charge in [0.15, 0.2) is 0 Å². The lowest BCUT2D eigenvalue weighted by Gasteiger charge is -2.33. The zero-order valence-electron chi connectivity index (χ0n) is 14.0. The summed E-state index contributed by atoms with van der Waals surface area (Å²) in [5.74, 6) is 0.833. The molecule has 1 fully saturated rings. The maximum absolute atomic E-state index is 13.4. The second-order valence-corrected chi connectivity index (χ2v) is 7.47. The Morgan fingerprint density at radius 2 is 2.20 bits per heavy atom. The lowest BCUT2D eigenvalue weighted by atomic mass is 9.93. The first-order valence-corrected chi connectivity index (χ1v) is 9.23. The average molecular weight is 404 g/mol. The Bertz CT molecular complexity index is 910. The number of aryl methyl sites for hydroxylation is 1. The summed E-state index contributed by atoms with van der Waals surface area (Å²) in [5, 5.41) is 4.34. The third-order valence-corrected chi connectivity index (χ3v) is 5.33. The highest BCUT2D eigenvalue weighted by Gasteiger charge is 2.24. The fraction of sp³-hybridized carbons (Fsp3) is 0.389. The highest BCUT2D eigenvalue weighted by Crippen LogP contribution is 2.28. The van der Waals surface area contributed by atoms with E-state index in [1.54, 1.807) is 6.33 Å². The molecule has 0 amide bonds. The van der Waals surface area contributed by atoms with Gasteiger partial charge in [-0.05, 0) is 66.0 Å². The summed E-state index contributed by atoms with van der Waals surface area (Å²) >= 11 is 3.27. The molecule has 0 saturated carbocycles. The van der Waals surface area contributed by atoms with Crippen LogP contribution in [0.15, 0.2) is 35.1 Å². The van der Waals surface area contributed by atoms with E-state index in [1.165, 1.54) is 11.8 Å². The standard InChI is InChI=1S/C18H19BrFN5/c1-12-7-17(25-18(23-12)21-11-22-25)14-3-2-6-24(10-14)9-13-4-5-16(20)15(19)8-13/h4-5,7-8,11,14H,2-3,6,9-10H2,1H3. The first-order valence-electron chi connectivity index (χ1n) is 8.44. The van der Waals surface area contributed by atoms with E-state index in [9.17, 15) is 4.39 Å². The third kappa shape index (κ3) is 3.43. The molecule has 1 unspecified atom stereocenters. The van der Waals surface area contributed by atoms with Crippen molar-refractivity contribution < 1.29 is 4.39 Å². The van der Waals surface area contributed by atoms with Gasteiger partial charge in [-0.25, -0.2) is 13.9 Å². The molecule has 0 aliphatic carbocycles. The maximum atomic E-state index is 13.4. The Morgan fingerprint density at radius 1 is 1.32 bits per heavy atom. The highest BCUT2D eigenvalue weighted by atomic mass is 79.9. The van der Waals surface area contributed by atoms with Crippen molar-refractivity contribution in [1.82, 2.24) is 24.5 Å². The summed E-state index contributed by atoms with van der Waals surface area (Å²) in [6.45, 7) is 4.82. The van der Waals surface area contributed by atoms with Gasteiger partial charge in [0.1, 0.15) is 12.1 Å². The number of rotatable bonds is 3. The number of fused-ring (bicyclic) bond motifs is 1. The molecule has 0 N–H and O–H groups in total. The molecule has 7 heteroatoms. The monoisotopic (exact) mass is 403 g/mol. The molecule has 3 heterocycles. The number of piperidine rings is 1. The molecule has 3 aromatic rings. The summed E-state index contributed by atoms with van der Waals surface area (Å²) in [6, 6.07) is 7.36. The Labute approximate surface area is 154 Å². The van der Waals surface area contributed by atoms with Crippen LogP contribution in [-0.4, -0.2) is 37.6 Å². The van der Waals surface area contributed by atoms with Crippen LogP contribution in [-0.2, 0) is 6.54 Å². The number of halogens is 2. The number of benzene rings is 1. The summed E-state index contributed by atoms with van der Waals surface area (Å²) in [5.41, 5.74) is 3.26. The molecule has 25 heavy (non-hydrogen) atoms. The van der Waals surface area contributed by atoms with E-state index in [-0.39, 0.29) is 5.82 Å². The molecule has 1 saturated heterocycles. The van der Waals surface area contributed by atoms with Crippen LogP contribution in [0, 0.1) is 12.7 Å². The first-order chi connectivity index (χ1) is 12.1. The van der Waals surface area contributed by atoms with Crippen molar-refractivity contribution >= 4 is 21.7 Å². The van der Waals surface area contributed by atoms with Crippen molar-refractivity contribution in [3.63, 3.8) is 0 Å². The lowest BCUT2D eigenvalue weighted by molar-refractivity contribution is 0.197. The topological polar surface area (TPSA) is 46.3 Å². The van der Waals surface area contributed by atoms with Gasteiger partial charge in [-0.3, -0.25) is 4.90 Å². The molecule has 130 valence electrons. The molecule has 1 aromatic carbocycles. The van der Waals surface area contributed by atoms with Gasteiger partial charge in [-0.1, -0.05) is 6.07 Å². The number of hydrogen-bond acceptors (Lipinski definition) is 4. The van der Waals surface area contributed by atoms with E-state index in [0.29, 0.717) is 16.2 Å². The number of aromatic nitrogens is 4. The molecule has 1 aliphatic heterocycles. The highest BCUT2D eigenvalue weighted by molar-refractivity contribution is 9.10. The van der Waals surface area contributed by atoms with Gasteiger partial charge < -0.3 is 0 Å². The van der Waals surface area contributed by atoms with Gasteiger partial charge in [0, 0.05) is 24.7 Å². The van der Waals surface area contributed by atoms with E-state index in [4.69, 9.17) is 0 Å². The van der Waals surface area contributed by atoms with Crippen molar-refractivity contribution in [2.24, 2.45) is 0 Å². The molecule has 1 aliphatic rings. The van der Waals surface area contributed by atoms with E-state index in [2.05, 4.69) is 42.0 Å². The number of hydrogen-bond donors (Lipinski definition) is 0. The Kier molecular flexibility index (Phi) is 4.52. The minimum Gasteiger partial charge on any atom is -0.298 e. The van der Waals surface area contributed by atoms with Crippen molar-refractivity contribution in [3.05, 3.63) is 57.8 Å². The first kappa shape index (κ1) is 16.6. The summed E-state index contributed by atoms with van der Waals surface area (Å²) in [4.78, 5) is 11.1. The molecular weight excluding hydrogens is 385 g/mol. The molecule has 1 atom stereocenters. The van der Waals surface area contributed by atoms with Gasteiger partial charge >= 0.3 is 0 Å². The summed E-state index contributed by atoms with van der Waals surface area (Å²) < 4.78 is 15.8. The second-order valence-electron chi connectivity index (χ2n) is 6.62. The van der Waals surface area contributed by atoms with Crippen LogP contribution in [0.3, 0.4) is 0 Å². The van der Waals surface area contributed by atoms with Gasteiger partial charge in [-0.2, -0.15) is 10.1 Å².